The van der Waals surface area contributed by atoms with Gasteiger partial charge >= 0.3 is 16.4 Å². The normalized spacial score (nSPS) is 18.5. The van der Waals surface area contributed by atoms with Gasteiger partial charge in [0.2, 0.25) is 0 Å². The second kappa shape index (κ2) is 12.6. The van der Waals surface area contributed by atoms with Gasteiger partial charge in [0, 0.05) is 25.6 Å². The highest BCUT2D eigenvalue weighted by Crippen LogP contribution is 2.31. The zero-order valence-electron chi connectivity index (χ0n) is 20.6. The fourth-order valence-electron chi connectivity index (χ4n) is 4.65. The van der Waals surface area contributed by atoms with Crippen LogP contribution in [-0.2, 0) is 27.7 Å². The van der Waals surface area contributed by atoms with Crippen molar-refractivity contribution < 1.29 is 48.7 Å². The van der Waals surface area contributed by atoms with Crippen molar-refractivity contribution in [2.24, 2.45) is 5.92 Å². The summed E-state index contributed by atoms with van der Waals surface area (Å²) in [5, 5.41) is 10.4. The minimum atomic E-state index is -4.44. The Bertz CT molecular complexity index is 1150. The number of hydrogen-bond acceptors (Lipinski definition) is 6. The van der Waals surface area contributed by atoms with Gasteiger partial charge in [0.15, 0.2) is 0 Å². The summed E-state index contributed by atoms with van der Waals surface area (Å²) in [6, 6.07) is 14.2. The number of piperidine rings is 2. The monoisotopic (exact) mass is 576 g/mol. The van der Waals surface area contributed by atoms with Gasteiger partial charge in [-0.05, 0) is 68.6 Å². The number of ether oxygens (including phenoxy) is 1. The Labute approximate surface area is 226 Å². The van der Waals surface area contributed by atoms with E-state index in [2.05, 4.69) is 4.90 Å². The molecule has 0 aromatic heterocycles. The molecule has 0 atom stereocenters. The van der Waals surface area contributed by atoms with Crippen molar-refractivity contribution >= 4 is 16.1 Å². The number of hydrogen-bond donors (Lipinski definition) is 1. The summed E-state index contributed by atoms with van der Waals surface area (Å²) < 4.78 is 70.6. The first-order valence-electron chi connectivity index (χ1n) is 12.2. The van der Waals surface area contributed by atoms with E-state index in [4.69, 9.17) is 4.74 Å². The molecular formula is C25H30ClF3N3O5S-. The van der Waals surface area contributed by atoms with Gasteiger partial charge in [-0.1, -0.05) is 34.8 Å². The van der Waals surface area contributed by atoms with Crippen LogP contribution in [0.3, 0.4) is 0 Å². The van der Waals surface area contributed by atoms with E-state index in [1.165, 1.54) is 12.1 Å². The van der Waals surface area contributed by atoms with Crippen molar-refractivity contribution in [2.45, 2.75) is 44.5 Å². The molecule has 2 aliphatic rings. The zero-order chi connectivity index (χ0) is 26.6. The molecule has 2 aromatic carbocycles. The maximum absolute atomic E-state index is 12.9. The number of amides is 1. The van der Waals surface area contributed by atoms with Gasteiger partial charge in [0.1, 0.15) is 11.9 Å². The van der Waals surface area contributed by atoms with E-state index < -0.39 is 39.9 Å². The quantitative estimate of drug-likeness (QED) is 0.390. The number of alkyl halides is 3. The molecule has 2 saturated heterocycles. The third kappa shape index (κ3) is 7.38. The summed E-state index contributed by atoms with van der Waals surface area (Å²) in [4.78, 5) is 15.0. The minimum Gasteiger partial charge on any atom is -1.00 e. The lowest BCUT2D eigenvalue weighted by molar-refractivity contribution is -0.153. The standard InChI is InChI=1S/C25H30F3N3O5S.ClH/c26-25(27,28)21-6-8-22(9-7-21)36-23-12-16-30(17-13-23)37(34,35)31(33)24(32)20-10-14-29(15-11-20)18-19-4-2-1-3-5-19;/h1-9,20,23,33H,10-18H2;1H/p-1. The Hall–Kier alpha value is -2.38. The Morgan fingerprint density at radius 3 is 2.08 bits per heavy atom. The van der Waals surface area contributed by atoms with Crippen LogP contribution in [0.25, 0.3) is 0 Å². The smallest absolute Gasteiger partial charge is 0.416 e. The predicted octanol–water partition coefficient (Wildman–Crippen LogP) is 0.927. The Morgan fingerprint density at radius 1 is 0.947 bits per heavy atom. The van der Waals surface area contributed by atoms with Crippen molar-refractivity contribution in [3.05, 3.63) is 65.7 Å². The van der Waals surface area contributed by atoms with Crippen LogP contribution in [0.15, 0.2) is 54.6 Å². The van der Waals surface area contributed by atoms with Crippen LogP contribution in [0, 0.1) is 5.92 Å². The highest BCUT2D eigenvalue weighted by Gasteiger charge is 2.39. The maximum Gasteiger partial charge on any atom is 0.416 e. The molecule has 1 N–H and O–H groups in total. The third-order valence-electron chi connectivity index (χ3n) is 6.80. The van der Waals surface area contributed by atoms with Crippen LogP contribution in [0.2, 0.25) is 0 Å². The highest BCUT2D eigenvalue weighted by molar-refractivity contribution is 7.87. The zero-order valence-corrected chi connectivity index (χ0v) is 22.1. The second-order valence-corrected chi connectivity index (χ2v) is 11.1. The molecule has 8 nitrogen and oxygen atoms in total. The number of carbonyl (C=O) groups excluding carboxylic acids is 1. The Morgan fingerprint density at radius 2 is 1.53 bits per heavy atom. The molecule has 2 aliphatic heterocycles. The molecule has 2 heterocycles. The molecule has 2 aromatic rings. The molecule has 4 rings (SSSR count). The molecular weight excluding hydrogens is 547 g/mol. The van der Waals surface area contributed by atoms with Gasteiger partial charge in [-0.15, -0.1) is 0 Å². The van der Waals surface area contributed by atoms with Crippen molar-refractivity contribution in [3.63, 3.8) is 0 Å². The minimum absolute atomic E-state index is 0. The molecule has 13 heteroatoms. The first-order chi connectivity index (χ1) is 17.5. The van der Waals surface area contributed by atoms with E-state index in [1.54, 1.807) is 0 Å². The second-order valence-electron chi connectivity index (χ2n) is 9.36. The average molecular weight is 577 g/mol. The summed E-state index contributed by atoms with van der Waals surface area (Å²) in [6.07, 6.45) is -3.42. The van der Waals surface area contributed by atoms with Crippen LogP contribution < -0.4 is 17.1 Å². The van der Waals surface area contributed by atoms with Gasteiger partial charge in [0.05, 0.1) is 5.56 Å². The third-order valence-corrected chi connectivity index (χ3v) is 8.44. The lowest BCUT2D eigenvalue weighted by Gasteiger charge is -2.35. The van der Waals surface area contributed by atoms with Crippen LogP contribution in [0.5, 0.6) is 5.75 Å². The maximum atomic E-state index is 12.9. The molecule has 0 aliphatic carbocycles. The van der Waals surface area contributed by atoms with E-state index in [0.717, 1.165) is 28.5 Å². The topological polar surface area (TPSA) is 90.4 Å². The Kier molecular flexibility index (Phi) is 10.0. The van der Waals surface area contributed by atoms with Crippen LogP contribution in [0.1, 0.15) is 36.8 Å². The van der Waals surface area contributed by atoms with Crippen molar-refractivity contribution in [1.82, 2.24) is 13.7 Å². The number of benzene rings is 2. The van der Waals surface area contributed by atoms with E-state index in [9.17, 15) is 31.6 Å². The van der Waals surface area contributed by atoms with Gasteiger partial charge < -0.3 is 17.1 Å². The molecule has 1 amide bonds. The van der Waals surface area contributed by atoms with Crippen molar-refractivity contribution in [3.8, 4) is 5.75 Å². The summed E-state index contributed by atoms with van der Waals surface area (Å²) >= 11 is 0. The SMILES string of the molecule is O=C(C1CCN(Cc2ccccc2)CC1)N(O)S(=O)(=O)N1CCC(Oc2ccc(C(F)(F)F)cc2)CC1.[Cl-]. The van der Waals surface area contributed by atoms with Gasteiger partial charge in [-0.25, -0.2) is 0 Å². The number of rotatable bonds is 7. The Balaban J connectivity index is 0.00000400. The van der Waals surface area contributed by atoms with E-state index in [0.29, 0.717) is 25.9 Å². The fourth-order valence-corrected chi connectivity index (χ4v) is 5.92. The summed E-state index contributed by atoms with van der Waals surface area (Å²) in [6.45, 7) is 1.99. The summed E-state index contributed by atoms with van der Waals surface area (Å²) in [5.74, 6) is -1.17. The predicted molar refractivity (Wildman–Crippen MR) is 129 cm³/mol. The molecule has 210 valence electrons. The first-order valence-corrected chi connectivity index (χ1v) is 13.6. The highest BCUT2D eigenvalue weighted by atomic mass is 35.5. The first kappa shape index (κ1) is 30.2. The lowest BCUT2D eigenvalue weighted by atomic mass is 9.96. The number of hydroxylamine groups is 1. The molecule has 0 bridgehead atoms. The molecule has 0 spiro atoms. The molecule has 38 heavy (non-hydrogen) atoms. The van der Waals surface area contributed by atoms with Gasteiger partial charge in [0.25, 0.3) is 5.91 Å². The van der Waals surface area contributed by atoms with Crippen LogP contribution in [0.4, 0.5) is 13.2 Å². The van der Waals surface area contributed by atoms with Crippen LogP contribution >= 0.6 is 0 Å². The molecule has 0 unspecified atom stereocenters. The fraction of sp³-hybridized carbons (Fsp3) is 0.480. The van der Waals surface area contributed by atoms with Gasteiger partial charge in [-0.3, -0.25) is 14.9 Å². The van der Waals surface area contributed by atoms with Crippen molar-refractivity contribution in [2.75, 3.05) is 26.2 Å². The van der Waals surface area contributed by atoms with Crippen molar-refractivity contribution in [1.29, 1.82) is 0 Å². The van der Waals surface area contributed by atoms with E-state index >= 15 is 0 Å². The lowest BCUT2D eigenvalue weighted by Crippen LogP contribution is -3.00. The van der Waals surface area contributed by atoms with E-state index in [1.807, 2.05) is 30.3 Å². The van der Waals surface area contributed by atoms with Crippen LogP contribution in [-0.4, -0.2) is 65.5 Å². The summed E-state index contributed by atoms with van der Waals surface area (Å²) in [7, 11) is -4.41. The number of halogens is 4. The average Bonchev–Trinajstić information content (AvgIpc) is 2.89. The molecule has 0 saturated carbocycles. The number of nitrogens with zero attached hydrogens (tertiary/aromatic N) is 3. The van der Waals surface area contributed by atoms with Gasteiger partial charge in [-0.2, -0.15) is 25.9 Å². The molecule has 0 radical (unpaired) electrons. The number of likely N-dealkylation sites (tertiary alicyclic amines) is 1. The largest absolute Gasteiger partial charge is 1.00 e. The number of carbonyl (C=O) groups is 1. The summed E-state index contributed by atoms with van der Waals surface area (Å²) in [5.41, 5.74) is 0.375. The van der Waals surface area contributed by atoms with E-state index in [-0.39, 0.29) is 48.6 Å². The molecule has 2 fully saturated rings.